The number of sulfonamides is 1. The molecule has 0 bridgehead atoms. The lowest BCUT2D eigenvalue weighted by molar-refractivity contribution is -0.123. The Morgan fingerprint density at radius 2 is 1.70 bits per heavy atom. The van der Waals surface area contributed by atoms with E-state index in [0.29, 0.717) is 24.3 Å². The number of hydrogen-bond acceptors (Lipinski definition) is 4. The summed E-state index contributed by atoms with van der Waals surface area (Å²) in [5.74, 6) is 0.302. The van der Waals surface area contributed by atoms with Crippen LogP contribution in [-0.2, 0) is 14.8 Å². The van der Waals surface area contributed by atoms with Gasteiger partial charge < -0.3 is 10.1 Å². The Hall–Kier alpha value is -2.54. The number of nitrogens with one attached hydrogen (secondary N) is 1. The maximum atomic E-state index is 13.2. The van der Waals surface area contributed by atoms with Gasteiger partial charge in [-0.2, -0.15) is 0 Å². The number of carbonyl (C=O) groups is 1. The molecule has 0 heterocycles. The van der Waals surface area contributed by atoms with E-state index in [-0.39, 0.29) is 11.9 Å². The first-order chi connectivity index (χ1) is 14.1. The van der Waals surface area contributed by atoms with Gasteiger partial charge in [0.2, 0.25) is 15.9 Å². The third kappa shape index (κ3) is 5.53. The Labute approximate surface area is 180 Å². The summed E-state index contributed by atoms with van der Waals surface area (Å²) in [6.45, 7) is 7.86. The summed E-state index contributed by atoms with van der Waals surface area (Å²) in [5.41, 5.74) is 3.73. The molecule has 2 aromatic carbocycles. The minimum atomic E-state index is -3.68. The van der Waals surface area contributed by atoms with Crippen LogP contribution in [0, 0.1) is 13.8 Å². The maximum Gasteiger partial charge on any atom is 0.244 e. The van der Waals surface area contributed by atoms with Crippen LogP contribution in [0.25, 0.3) is 0 Å². The topological polar surface area (TPSA) is 75.7 Å². The zero-order valence-corrected chi connectivity index (χ0v) is 19.4. The van der Waals surface area contributed by atoms with Crippen LogP contribution in [0.4, 0.5) is 5.69 Å². The van der Waals surface area contributed by atoms with Crippen molar-refractivity contribution < 1.29 is 17.9 Å². The van der Waals surface area contributed by atoms with E-state index < -0.39 is 16.1 Å². The van der Waals surface area contributed by atoms with Crippen LogP contribution in [0.5, 0.6) is 5.75 Å². The molecule has 0 aliphatic carbocycles. The number of aryl methyl sites for hydroxylation is 2. The molecular formula is C23H32N2O4S. The second-order valence-corrected chi connectivity index (χ2v) is 9.37. The molecule has 0 aromatic heterocycles. The van der Waals surface area contributed by atoms with Gasteiger partial charge in [0.05, 0.1) is 25.1 Å². The van der Waals surface area contributed by atoms with Crippen LogP contribution < -0.4 is 14.4 Å². The third-order valence-corrected chi connectivity index (χ3v) is 6.36. The SMILES string of the molecule is CC[C@@H](NC(=O)[C@H](CC)N(c1ccc(OC)cc1)S(C)(=O)=O)c1ccc(C)cc1C. The molecule has 2 aromatic rings. The van der Waals surface area contributed by atoms with Crippen molar-refractivity contribution in [2.45, 2.75) is 52.6 Å². The molecule has 0 saturated heterocycles. The van der Waals surface area contributed by atoms with Crippen molar-refractivity contribution in [2.24, 2.45) is 0 Å². The number of hydrogen-bond donors (Lipinski definition) is 1. The van der Waals surface area contributed by atoms with Crippen LogP contribution in [0.1, 0.15) is 49.4 Å². The Kier molecular flexibility index (Phi) is 7.89. The lowest BCUT2D eigenvalue weighted by atomic mass is 9.97. The number of ether oxygens (including phenoxy) is 1. The average molecular weight is 433 g/mol. The molecule has 0 aliphatic heterocycles. The molecule has 1 amide bonds. The molecule has 0 aliphatic rings. The number of anilines is 1. The highest BCUT2D eigenvalue weighted by molar-refractivity contribution is 7.92. The summed E-state index contributed by atoms with van der Waals surface area (Å²) in [6.07, 6.45) is 2.16. The van der Waals surface area contributed by atoms with Crippen molar-refractivity contribution in [3.05, 3.63) is 59.2 Å². The predicted molar refractivity (Wildman–Crippen MR) is 121 cm³/mol. The molecule has 30 heavy (non-hydrogen) atoms. The number of benzene rings is 2. The lowest BCUT2D eigenvalue weighted by Crippen LogP contribution is -2.50. The van der Waals surface area contributed by atoms with Crippen molar-refractivity contribution in [1.82, 2.24) is 5.32 Å². The Bertz CT molecular complexity index is 971. The van der Waals surface area contributed by atoms with Gasteiger partial charge >= 0.3 is 0 Å². The zero-order valence-electron chi connectivity index (χ0n) is 18.6. The van der Waals surface area contributed by atoms with Crippen LogP contribution in [-0.4, -0.2) is 33.7 Å². The summed E-state index contributed by atoms with van der Waals surface area (Å²) in [4.78, 5) is 13.2. The number of methoxy groups -OCH3 is 1. The van der Waals surface area contributed by atoms with E-state index in [1.807, 2.05) is 39.8 Å². The predicted octanol–water partition coefficient (Wildman–Crippen LogP) is 4.12. The molecule has 0 fully saturated rings. The van der Waals surface area contributed by atoms with Gasteiger partial charge in [-0.05, 0) is 62.1 Å². The van der Waals surface area contributed by atoms with Gasteiger partial charge in [0.1, 0.15) is 11.8 Å². The normalized spacial score (nSPS) is 13.4. The number of carbonyl (C=O) groups excluding carboxylic acids is 1. The van der Waals surface area contributed by atoms with Crippen molar-refractivity contribution in [3.8, 4) is 5.75 Å². The number of rotatable bonds is 9. The van der Waals surface area contributed by atoms with E-state index >= 15 is 0 Å². The van der Waals surface area contributed by atoms with Crippen molar-refractivity contribution >= 4 is 21.6 Å². The summed E-state index contributed by atoms with van der Waals surface area (Å²) in [6, 6.07) is 11.8. The van der Waals surface area contributed by atoms with Crippen molar-refractivity contribution in [3.63, 3.8) is 0 Å². The minimum Gasteiger partial charge on any atom is -0.497 e. The zero-order chi connectivity index (χ0) is 22.5. The van der Waals surface area contributed by atoms with E-state index in [4.69, 9.17) is 4.74 Å². The van der Waals surface area contributed by atoms with Gasteiger partial charge in [-0.3, -0.25) is 9.10 Å². The van der Waals surface area contributed by atoms with Crippen LogP contribution in [0.2, 0.25) is 0 Å². The Morgan fingerprint density at radius 3 is 2.17 bits per heavy atom. The highest BCUT2D eigenvalue weighted by Crippen LogP contribution is 2.27. The average Bonchev–Trinajstić information content (AvgIpc) is 2.69. The number of amides is 1. The molecular weight excluding hydrogens is 400 g/mol. The fourth-order valence-corrected chi connectivity index (χ4v) is 4.89. The molecule has 0 unspecified atom stereocenters. The van der Waals surface area contributed by atoms with Crippen molar-refractivity contribution in [1.29, 1.82) is 0 Å². The van der Waals surface area contributed by atoms with Gasteiger partial charge in [0, 0.05) is 0 Å². The molecule has 6 nitrogen and oxygen atoms in total. The van der Waals surface area contributed by atoms with Gasteiger partial charge in [0.15, 0.2) is 0 Å². The molecule has 0 spiro atoms. The summed E-state index contributed by atoms with van der Waals surface area (Å²) >= 11 is 0. The Balaban J connectivity index is 2.36. The first kappa shape index (κ1) is 23.7. The van der Waals surface area contributed by atoms with E-state index in [9.17, 15) is 13.2 Å². The standard InChI is InChI=1S/C23H32N2O4S/c1-7-21(20-14-9-16(3)15-17(20)4)24-23(26)22(8-2)25(30(6,27)28)18-10-12-19(29-5)13-11-18/h9-15,21-22H,7-8H2,1-6H3,(H,24,26)/t21-,22+/m1/s1. The highest BCUT2D eigenvalue weighted by atomic mass is 32.2. The molecule has 7 heteroatoms. The van der Waals surface area contributed by atoms with Gasteiger partial charge in [-0.25, -0.2) is 8.42 Å². The third-order valence-electron chi connectivity index (χ3n) is 5.18. The first-order valence-corrected chi connectivity index (χ1v) is 12.0. The van der Waals surface area contributed by atoms with E-state index in [0.717, 1.165) is 22.9 Å². The van der Waals surface area contributed by atoms with Crippen molar-refractivity contribution in [2.75, 3.05) is 17.7 Å². The minimum absolute atomic E-state index is 0.190. The summed E-state index contributed by atoms with van der Waals surface area (Å²) < 4.78 is 31.6. The number of nitrogens with zero attached hydrogens (tertiary/aromatic N) is 1. The maximum absolute atomic E-state index is 13.2. The fraction of sp³-hybridized carbons (Fsp3) is 0.435. The first-order valence-electron chi connectivity index (χ1n) is 10.1. The second-order valence-electron chi connectivity index (χ2n) is 7.51. The summed E-state index contributed by atoms with van der Waals surface area (Å²) in [5, 5.41) is 3.07. The largest absolute Gasteiger partial charge is 0.497 e. The van der Waals surface area contributed by atoms with E-state index in [2.05, 4.69) is 11.4 Å². The van der Waals surface area contributed by atoms with Gasteiger partial charge in [-0.15, -0.1) is 0 Å². The van der Waals surface area contributed by atoms with Crippen LogP contribution in [0.3, 0.4) is 0 Å². The highest BCUT2D eigenvalue weighted by Gasteiger charge is 2.32. The fourth-order valence-electron chi connectivity index (χ4n) is 3.67. The summed E-state index contributed by atoms with van der Waals surface area (Å²) in [7, 11) is -2.14. The molecule has 2 rings (SSSR count). The molecule has 1 N–H and O–H groups in total. The molecule has 0 radical (unpaired) electrons. The molecule has 0 saturated carbocycles. The van der Waals surface area contributed by atoms with E-state index in [1.54, 1.807) is 31.4 Å². The van der Waals surface area contributed by atoms with E-state index in [1.165, 1.54) is 4.31 Å². The Morgan fingerprint density at radius 1 is 1.07 bits per heavy atom. The smallest absolute Gasteiger partial charge is 0.244 e. The quantitative estimate of drug-likeness (QED) is 0.647. The van der Waals surface area contributed by atoms with Crippen LogP contribution in [0.15, 0.2) is 42.5 Å². The monoisotopic (exact) mass is 432 g/mol. The molecule has 164 valence electrons. The van der Waals surface area contributed by atoms with Gasteiger partial charge in [-0.1, -0.05) is 37.6 Å². The molecule has 2 atom stereocenters. The van der Waals surface area contributed by atoms with Gasteiger partial charge in [0.25, 0.3) is 0 Å². The second kappa shape index (κ2) is 9.98. The lowest BCUT2D eigenvalue weighted by Gasteiger charge is -2.31. The van der Waals surface area contributed by atoms with Crippen LogP contribution >= 0.6 is 0 Å².